The zero-order valence-corrected chi connectivity index (χ0v) is 9.14. The second-order valence-electron chi connectivity index (χ2n) is 3.82. The summed E-state index contributed by atoms with van der Waals surface area (Å²) in [4.78, 5) is 13.3. The van der Waals surface area contributed by atoms with Crippen LogP contribution < -0.4 is 0 Å². The lowest BCUT2D eigenvalue weighted by Gasteiger charge is -2.20. The van der Waals surface area contributed by atoms with E-state index in [1.165, 1.54) is 15.1 Å². The van der Waals surface area contributed by atoms with E-state index in [0.717, 1.165) is 5.70 Å². The number of carbonyl (C=O) groups is 1. The van der Waals surface area contributed by atoms with Gasteiger partial charge in [-0.3, -0.25) is 4.31 Å². The van der Waals surface area contributed by atoms with Gasteiger partial charge in [-0.05, 0) is 6.08 Å². The first-order valence-corrected chi connectivity index (χ1v) is 5.24. The van der Waals surface area contributed by atoms with Crippen molar-refractivity contribution in [2.75, 3.05) is 13.1 Å². The Balaban J connectivity index is 1.95. The van der Waals surface area contributed by atoms with Crippen molar-refractivity contribution < 1.29 is 9.18 Å². The summed E-state index contributed by atoms with van der Waals surface area (Å²) in [6.45, 7) is 1.07. The van der Waals surface area contributed by atoms with Gasteiger partial charge < -0.3 is 4.90 Å². The van der Waals surface area contributed by atoms with E-state index in [9.17, 15) is 9.18 Å². The molecule has 7 heteroatoms. The molecule has 0 radical (unpaired) electrons. The van der Waals surface area contributed by atoms with E-state index in [1.807, 2.05) is 6.08 Å². The van der Waals surface area contributed by atoms with Crippen molar-refractivity contribution >= 4 is 24.5 Å². The third-order valence-electron chi connectivity index (χ3n) is 2.78. The van der Waals surface area contributed by atoms with Crippen LogP contribution in [0.15, 0.2) is 18.3 Å². The molecule has 1 aromatic heterocycles. The SMILES string of the molecule is O=C1N2CC(n3ccc(F)n3)=CC(C2)N1S. The van der Waals surface area contributed by atoms with Crippen LogP contribution in [0.25, 0.3) is 5.70 Å². The highest BCUT2D eigenvalue weighted by Gasteiger charge is 2.38. The Morgan fingerprint density at radius 1 is 1.56 bits per heavy atom. The van der Waals surface area contributed by atoms with Crippen molar-refractivity contribution in [2.45, 2.75) is 6.04 Å². The van der Waals surface area contributed by atoms with Gasteiger partial charge in [-0.1, -0.05) is 12.8 Å². The van der Waals surface area contributed by atoms with Gasteiger partial charge in [-0.15, -0.1) is 5.10 Å². The molecule has 0 spiro atoms. The third kappa shape index (κ3) is 1.31. The van der Waals surface area contributed by atoms with Crippen LogP contribution in [0.3, 0.4) is 0 Å². The summed E-state index contributed by atoms with van der Waals surface area (Å²) in [5.41, 5.74) is 0.796. The van der Waals surface area contributed by atoms with Gasteiger partial charge in [0.15, 0.2) is 0 Å². The van der Waals surface area contributed by atoms with Gasteiger partial charge in [-0.2, -0.15) is 4.39 Å². The van der Waals surface area contributed by atoms with E-state index >= 15 is 0 Å². The first-order chi connectivity index (χ1) is 7.65. The maximum atomic E-state index is 12.8. The minimum atomic E-state index is -0.525. The Bertz CT molecular complexity index is 486. The zero-order chi connectivity index (χ0) is 11.3. The van der Waals surface area contributed by atoms with Crippen LogP contribution in [0.1, 0.15) is 0 Å². The lowest BCUT2D eigenvalue weighted by Crippen LogP contribution is -2.31. The Morgan fingerprint density at radius 3 is 3.00 bits per heavy atom. The number of aromatic nitrogens is 2. The molecule has 2 aliphatic rings. The Labute approximate surface area is 96.7 Å². The van der Waals surface area contributed by atoms with Gasteiger partial charge >= 0.3 is 6.03 Å². The number of rotatable bonds is 1. The molecule has 1 fully saturated rings. The summed E-state index contributed by atoms with van der Waals surface area (Å²) < 4.78 is 15.6. The lowest BCUT2D eigenvalue weighted by molar-refractivity contribution is 0.213. The van der Waals surface area contributed by atoms with Gasteiger partial charge in [-0.25, -0.2) is 9.48 Å². The average Bonchev–Trinajstić information content (AvgIpc) is 2.79. The van der Waals surface area contributed by atoms with E-state index in [0.29, 0.717) is 13.1 Å². The molecule has 2 amide bonds. The molecule has 0 aromatic carbocycles. The molecule has 2 aliphatic heterocycles. The van der Waals surface area contributed by atoms with E-state index < -0.39 is 5.95 Å². The Morgan fingerprint density at radius 2 is 2.38 bits per heavy atom. The number of halogens is 1. The van der Waals surface area contributed by atoms with Crippen LogP contribution in [0.2, 0.25) is 0 Å². The Kier molecular flexibility index (Phi) is 1.97. The second-order valence-corrected chi connectivity index (χ2v) is 4.25. The summed E-state index contributed by atoms with van der Waals surface area (Å²) in [7, 11) is 0. The quantitative estimate of drug-likeness (QED) is 0.739. The van der Waals surface area contributed by atoms with E-state index in [-0.39, 0.29) is 12.1 Å². The predicted molar refractivity (Wildman–Crippen MR) is 58.0 cm³/mol. The van der Waals surface area contributed by atoms with Crippen LogP contribution in [-0.4, -0.2) is 44.1 Å². The summed E-state index contributed by atoms with van der Waals surface area (Å²) in [5, 5.41) is 3.68. The molecular weight excluding hydrogens is 231 g/mol. The Hall–Kier alpha value is -1.50. The van der Waals surface area contributed by atoms with Crippen molar-refractivity contribution in [3.63, 3.8) is 0 Å². The fourth-order valence-corrected chi connectivity index (χ4v) is 2.27. The largest absolute Gasteiger partial charge is 0.330 e. The fraction of sp³-hybridized carbons (Fsp3) is 0.333. The maximum absolute atomic E-state index is 12.8. The third-order valence-corrected chi connectivity index (χ3v) is 3.24. The van der Waals surface area contributed by atoms with Crippen molar-refractivity contribution in [1.82, 2.24) is 19.0 Å². The molecule has 1 aromatic rings. The normalized spacial score (nSPS) is 24.0. The molecule has 84 valence electrons. The number of urea groups is 1. The molecule has 1 unspecified atom stereocenters. The van der Waals surface area contributed by atoms with Crippen molar-refractivity contribution in [3.05, 3.63) is 24.3 Å². The van der Waals surface area contributed by atoms with Crippen molar-refractivity contribution in [2.24, 2.45) is 0 Å². The van der Waals surface area contributed by atoms with Crippen LogP contribution in [0, 0.1) is 5.95 Å². The van der Waals surface area contributed by atoms with Gasteiger partial charge in [0, 0.05) is 18.8 Å². The van der Waals surface area contributed by atoms with Crippen molar-refractivity contribution in [1.29, 1.82) is 0 Å². The molecule has 2 bridgehead atoms. The molecule has 1 atom stereocenters. The topological polar surface area (TPSA) is 41.4 Å². The number of hydrogen-bond acceptors (Lipinski definition) is 3. The molecule has 5 nitrogen and oxygen atoms in total. The molecule has 0 aliphatic carbocycles. The zero-order valence-electron chi connectivity index (χ0n) is 8.25. The number of carbonyl (C=O) groups excluding carboxylic acids is 1. The van der Waals surface area contributed by atoms with Crippen LogP contribution >= 0.6 is 12.8 Å². The highest BCUT2D eigenvalue weighted by atomic mass is 32.1. The molecule has 3 heterocycles. The second kappa shape index (κ2) is 3.24. The summed E-state index contributed by atoms with van der Waals surface area (Å²) in [6, 6.07) is 1.10. The number of thiol groups is 1. The smallest absolute Gasteiger partial charge is 0.316 e. The van der Waals surface area contributed by atoms with E-state index in [2.05, 4.69) is 17.9 Å². The highest BCUT2D eigenvalue weighted by Crippen LogP contribution is 2.27. The molecule has 3 rings (SSSR count). The maximum Gasteiger partial charge on any atom is 0.330 e. The molecule has 1 saturated heterocycles. The summed E-state index contributed by atoms with van der Waals surface area (Å²) >= 11 is 4.11. The number of hydrogen-bond donors (Lipinski definition) is 1. The minimum absolute atomic E-state index is 0.0631. The number of fused-ring (bicyclic) bond motifs is 2. The van der Waals surface area contributed by atoms with Crippen LogP contribution in [-0.2, 0) is 0 Å². The van der Waals surface area contributed by atoms with E-state index in [1.54, 1.807) is 11.1 Å². The first kappa shape index (κ1) is 9.71. The van der Waals surface area contributed by atoms with Gasteiger partial charge in [0.1, 0.15) is 0 Å². The highest BCUT2D eigenvalue weighted by molar-refractivity contribution is 7.78. The number of amides is 2. The summed E-state index contributed by atoms with van der Waals surface area (Å²) in [6.07, 6.45) is 3.43. The molecule has 0 saturated carbocycles. The van der Waals surface area contributed by atoms with Gasteiger partial charge in [0.25, 0.3) is 0 Å². The first-order valence-electron chi connectivity index (χ1n) is 4.84. The molecule has 16 heavy (non-hydrogen) atoms. The summed E-state index contributed by atoms with van der Waals surface area (Å²) in [5.74, 6) is -0.525. The monoisotopic (exact) mass is 240 g/mol. The van der Waals surface area contributed by atoms with Crippen molar-refractivity contribution in [3.8, 4) is 0 Å². The standard InChI is InChI=1S/C9H9FN4OS/c10-8-1-2-13(11-8)6-3-7-5-12(4-6)9(15)14(7)16/h1-3,7,16H,4-5H2. The fourth-order valence-electron chi connectivity index (χ4n) is 2.00. The van der Waals surface area contributed by atoms with Gasteiger partial charge in [0.05, 0.1) is 18.3 Å². The molecule has 0 N–H and O–H groups in total. The number of nitrogens with zero attached hydrogens (tertiary/aromatic N) is 4. The average molecular weight is 240 g/mol. The van der Waals surface area contributed by atoms with Gasteiger partial charge in [0.2, 0.25) is 5.95 Å². The minimum Gasteiger partial charge on any atom is -0.316 e. The lowest BCUT2D eigenvalue weighted by atomic mass is 10.2. The van der Waals surface area contributed by atoms with Crippen LogP contribution in [0.4, 0.5) is 9.18 Å². The molecular formula is C9H9FN4OS. The van der Waals surface area contributed by atoms with E-state index in [4.69, 9.17) is 0 Å². The van der Waals surface area contributed by atoms with Crippen LogP contribution in [0.5, 0.6) is 0 Å². The predicted octanol–water partition coefficient (Wildman–Crippen LogP) is 0.828.